The van der Waals surface area contributed by atoms with Crippen molar-refractivity contribution in [3.8, 4) is 0 Å². The lowest BCUT2D eigenvalue weighted by Gasteiger charge is -2.14. The van der Waals surface area contributed by atoms with Gasteiger partial charge in [0.1, 0.15) is 10.3 Å². The van der Waals surface area contributed by atoms with E-state index in [1.165, 1.54) is 5.57 Å². The quantitative estimate of drug-likeness (QED) is 0.749. The predicted molar refractivity (Wildman–Crippen MR) is 59.7 cm³/mol. The summed E-state index contributed by atoms with van der Waals surface area (Å²) >= 11 is 11.7. The van der Waals surface area contributed by atoms with Crippen LogP contribution in [0.5, 0.6) is 0 Å². The molecule has 0 saturated carbocycles. The number of nitrogens with zero attached hydrogens (tertiary/aromatic N) is 1. The Balaban J connectivity index is 2.35. The lowest BCUT2D eigenvalue weighted by molar-refractivity contribution is 0.738. The maximum absolute atomic E-state index is 5.83. The van der Waals surface area contributed by atoms with E-state index >= 15 is 0 Å². The smallest absolute Gasteiger partial charge is 0.131 e. The van der Waals surface area contributed by atoms with Gasteiger partial charge in [-0.05, 0) is 36.2 Å². The molecule has 74 valence electrons. The predicted octanol–water partition coefficient (Wildman–Crippen LogP) is 2.77. The minimum atomic E-state index is 0.451. The molecule has 0 aromatic carbocycles. The summed E-state index contributed by atoms with van der Waals surface area (Å²) in [6.45, 7) is 1.91. The van der Waals surface area contributed by atoms with Gasteiger partial charge in [-0.3, -0.25) is 0 Å². The average Bonchev–Trinajstić information content (AvgIpc) is 2.18. The highest BCUT2D eigenvalue weighted by Crippen LogP contribution is 2.24. The van der Waals surface area contributed by atoms with Crippen molar-refractivity contribution >= 4 is 28.8 Å². The largest absolute Gasteiger partial charge is 0.313 e. The highest BCUT2D eigenvalue weighted by Gasteiger charge is 2.07. The third-order valence-corrected chi connectivity index (χ3v) is 2.58. The fourth-order valence-electron chi connectivity index (χ4n) is 1.54. The molecule has 2 nitrogen and oxygen atoms in total. The monoisotopic (exact) mass is 228 g/mol. The number of halogens is 2. The van der Waals surface area contributed by atoms with Gasteiger partial charge in [0.15, 0.2) is 0 Å². The first-order valence-electron chi connectivity index (χ1n) is 4.49. The van der Waals surface area contributed by atoms with Crippen LogP contribution in [0.4, 0.5) is 0 Å². The van der Waals surface area contributed by atoms with E-state index in [1.807, 2.05) is 12.1 Å². The van der Waals surface area contributed by atoms with Crippen LogP contribution in [0.1, 0.15) is 12.0 Å². The van der Waals surface area contributed by atoms with Gasteiger partial charge in [-0.1, -0.05) is 29.3 Å². The van der Waals surface area contributed by atoms with Gasteiger partial charge in [-0.2, -0.15) is 0 Å². The van der Waals surface area contributed by atoms with Crippen LogP contribution in [0.15, 0.2) is 18.2 Å². The molecule has 0 amide bonds. The maximum atomic E-state index is 5.83. The van der Waals surface area contributed by atoms with Gasteiger partial charge in [0.25, 0.3) is 0 Å². The van der Waals surface area contributed by atoms with E-state index in [1.54, 1.807) is 0 Å². The minimum absolute atomic E-state index is 0.451. The van der Waals surface area contributed by atoms with Crippen molar-refractivity contribution in [2.45, 2.75) is 6.42 Å². The zero-order valence-electron chi connectivity index (χ0n) is 7.56. The number of pyridine rings is 1. The van der Waals surface area contributed by atoms with Gasteiger partial charge in [0, 0.05) is 6.54 Å². The van der Waals surface area contributed by atoms with Gasteiger partial charge in [-0.15, -0.1) is 0 Å². The summed E-state index contributed by atoms with van der Waals surface area (Å²) in [5.74, 6) is 0. The Morgan fingerprint density at radius 2 is 1.93 bits per heavy atom. The third kappa shape index (κ3) is 2.27. The SMILES string of the molecule is Clc1cc(C2=CCNCC2)cc(Cl)n1. The molecule has 0 radical (unpaired) electrons. The van der Waals surface area contributed by atoms with Gasteiger partial charge >= 0.3 is 0 Å². The first kappa shape index (κ1) is 9.97. The number of hydrogen-bond acceptors (Lipinski definition) is 2. The van der Waals surface area contributed by atoms with Crippen LogP contribution in [0, 0.1) is 0 Å². The maximum Gasteiger partial charge on any atom is 0.131 e. The fraction of sp³-hybridized carbons (Fsp3) is 0.300. The topological polar surface area (TPSA) is 24.9 Å². The van der Waals surface area contributed by atoms with E-state index in [0.29, 0.717) is 10.3 Å². The molecule has 2 heterocycles. The summed E-state index contributed by atoms with van der Waals surface area (Å²) in [6, 6.07) is 3.70. The second-order valence-corrected chi connectivity index (χ2v) is 3.96. The van der Waals surface area contributed by atoms with Gasteiger partial charge in [0.2, 0.25) is 0 Å². The van der Waals surface area contributed by atoms with Crippen LogP contribution in [-0.4, -0.2) is 18.1 Å². The zero-order valence-corrected chi connectivity index (χ0v) is 9.07. The van der Waals surface area contributed by atoms with Crippen molar-refractivity contribution < 1.29 is 0 Å². The van der Waals surface area contributed by atoms with Crippen LogP contribution in [0.3, 0.4) is 0 Å². The molecule has 4 heteroatoms. The molecule has 14 heavy (non-hydrogen) atoms. The van der Waals surface area contributed by atoms with Gasteiger partial charge < -0.3 is 5.32 Å². The Kier molecular flexibility index (Phi) is 3.06. The van der Waals surface area contributed by atoms with Crippen LogP contribution in [-0.2, 0) is 0 Å². The average molecular weight is 229 g/mol. The molecule has 0 aliphatic carbocycles. The Morgan fingerprint density at radius 1 is 1.21 bits per heavy atom. The van der Waals surface area contributed by atoms with E-state index in [4.69, 9.17) is 23.2 Å². The summed E-state index contributed by atoms with van der Waals surface area (Å²) in [7, 11) is 0. The molecule has 1 aliphatic heterocycles. The van der Waals surface area contributed by atoms with E-state index in [0.717, 1.165) is 25.1 Å². The van der Waals surface area contributed by atoms with Crippen LogP contribution < -0.4 is 5.32 Å². The molecule has 1 aliphatic rings. The fourth-order valence-corrected chi connectivity index (χ4v) is 2.00. The Bertz CT molecular complexity index is 354. The summed E-state index contributed by atoms with van der Waals surface area (Å²) in [5, 5.41) is 4.16. The lowest BCUT2D eigenvalue weighted by Crippen LogP contribution is -2.20. The van der Waals surface area contributed by atoms with Gasteiger partial charge in [0.05, 0.1) is 0 Å². The number of hydrogen-bond donors (Lipinski definition) is 1. The van der Waals surface area contributed by atoms with Crippen LogP contribution >= 0.6 is 23.2 Å². The molecule has 0 atom stereocenters. The summed E-state index contributed by atoms with van der Waals surface area (Å²) in [6.07, 6.45) is 3.17. The number of aromatic nitrogens is 1. The Hall–Kier alpha value is -0.570. The lowest BCUT2D eigenvalue weighted by atomic mass is 10.0. The molecule has 0 saturated heterocycles. The summed E-state index contributed by atoms with van der Waals surface area (Å²) in [5.41, 5.74) is 2.37. The van der Waals surface area contributed by atoms with E-state index in [9.17, 15) is 0 Å². The molecule has 0 unspecified atom stereocenters. The molecule has 0 bridgehead atoms. The summed E-state index contributed by atoms with van der Waals surface area (Å²) < 4.78 is 0. The first-order chi connectivity index (χ1) is 6.75. The second-order valence-electron chi connectivity index (χ2n) is 3.18. The molecule has 1 N–H and O–H groups in total. The third-order valence-electron chi connectivity index (χ3n) is 2.20. The standard InChI is InChI=1S/C10H10Cl2N2/c11-9-5-8(6-10(12)14-9)7-1-3-13-4-2-7/h1,5-6,13H,2-4H2. The molecular weight excluding hydrogens is 219 g/mol. The van der Waals surface area contributed by atoms with E-state index < -0.39 is 0 Å². The van der Waals surface area contributed by atoms with Crippen molar-refractivity contribution in [1.82, 2.24) is 10.3 Å². The number of rotatable bonds is 1. The van der Waals surface area contributed by atoms with E-state index in [2.05, 4.69) is 16.4 Å². The van der Waals surface area contributed by atoms with Crippen LogP contribution in [0.2, 0.25) is 10.3 Å². The zero-order chi connectivity index (χ0) is 9.97. The number of nitrogens with one attached hydrogen (secondary N) is 1. The molecule has 0 spiro atoms. The molecule has 1 aromatic rings. The molecule has 1 aromatic heterocycles. The van der Waals surface area contributed by atoms with Crippen molar-refractivity contribution in [1.29, 1.82) is 0 Å². The minimum Gasteiger partial charge on any atom is -0.313 e. The molecule has 2 rings (SSSR count). The highest BCUT2D eigenvalue weighted by molar-refractivity contribution is 6.32. The Labute approximate surface area is 92.9 Å². The van der Waals surface area contributed by atoms with Crippen molar-refractivity contribution in [3.63, 3.8) is 0 Å². The normalized spacial score (nSPS) is 16.6. The first-order valence-corrected chi connectivity index (χ1v) is 5.24. The van der Waals surface area contributed by atoms with Crippen molar-refractivity contribution in [2.75, 3.05) is 13.1 Å². The highest BCUT2D eigenvalue weighted by atomic mass is 35.5. The van der Waals surface area contributed by atoms with Crippen molar-refractivity contribution in [2.24, 2.45) is 0 Å². The van der Waals surface area contributed by atoms with E-state index in [-0.39, 0.29) is 0 Å². The van der Waals surface area contributed by atoms with Crippen molar-refractivity contribution in [3.05, 3.63) is 34.1 Å². The molecular formula is C10H10Cl2N2. The van der Waals surface area contributed by atoms with Gasteiger partial charge in [-0.25, -0.2) is 4.98 Å². The summed E-state index contributed by atoms with van der Waals surface area (Å²) in [4.78, 5) is 3.92. The van der Waals surface area contributed by atoms with Crippen LogP contribution in [0.25, 0.3) is 5.57 Å². The second kappa shape index (κ2) is 4.30. The Morgan fingerprint density at radius 3 is 2.50 bits per heavy atom. The molecule has 0 fully saturated rings.